The number of hydrogen-bond donors (Lipinski definition) is 0. The molecule has 0 unspecified atom stereocenters. The molecule has 0 saturated carbocycles. The number of ether oxygens (including phenoxy) is 1. The molecule has 1 aromatic carbocycles. The van der Waals surface area contributed by atoms with Crippen molar-refractivity contribution in [1.29, 1.82) is 0 Å². The van der Waals surface area contributed by atoms with Crippen molar-refractivity contribution in [2.75, 3.05) is 6.61 Å². The molecule has 0 N–H and O–H groups in total. The van der Waals surface area contributed by atoms with Crippen LogP contribution in [-0.4, -0.2) is 16.4 Å². The second kappa shape index (κ2) is 5.43. The maximum atomic E-state index is 6.09. The summed E-state index contributed by atoms with van der Waals surface area (Å²) in [5.41, 5.74) is 0.780. The normalized spacial score (nSPS) is 10.5. The molecule has 3 nitrogen and oxygen atoms in total. The van der Waals surface area contributed by atoms with Crippen LogP contribution < -0.4 is 4.74 Å². The van der Waals surface area contributed by atoms with Crippen molar-refractivity contribution in [3.8, 4) is 11.6 Å². The molecule has 0 aliphatic heterocycles. The average molecular weight is 271 g/mol. The summed E-state index contributed by atoms with van der Waals surface area (Å²) >= 11 is 11.9. The second-order valence-electron chi connectivity index (χ2n) is 3.54. The van der Waals surface area contributed by atoms with Gasteiger partial charge in [-0.05, 0) is 24.6 Å². The smallest absolute Gasteiger partial charge is 0.233 e. The third kappa shape index (κ3) is 2.93. The zero-order valence-electron chi connectivity index (χ0n) is 9.36. The monoisotopic (exact) mass is 270 g/mol. The Morgan fingerprint density at radius 3 is 2.82 bits per heavy atom. The minimum Gasteiger partial charge on any atom is -0.477 e. The van der Waals surface area contributed by atoms with Crippen molar-refractivity contribution in [2.45, 2.75) is 13.3 Å². The van der Waals surface area contributed by atoms with Crippen LogP contribution in [0.1, 0.15) is 13.3 Å². The van der Waals surface area contributed by atoms with Gasteiger partial charge in [-0.3, -0.25) is 0 Å². The van der Waals surface area contributed by atoms with Crippen molar-refractivity contribution in [2.24, 2.45) is 0 Å². The zero-order chi connectivity index (χ0) is 12.3. The van der Waals surface area contributed by atoms with Crippen molar-refractivity contribution in [3.05, 3.63) is 40.5 Å². The first kappa shape index (κ1) is 12.3. The summed E-state index contributed by atoms with van der Waals surface area (Å²) in [5, 5.41) is 5.44. The topological polar surface area (TPSA) is 27.1 Å². The maximum absolute atomic E-state index is 6.09. The van der Waals surface area contributed by atoms with Gasteiger partial charge in [-0.1, -0.05) is 30.1 Å². The molecule has 1 aromatic heterocycles. The first-order valence-electron chi connectivity index (χ1n) is 5.34. The van der Waals surface area contributed by atoms with E-state index >= 15 is 0 Å². The number of nitrogens with zero attached hydrogens (tertiary/aromatic N) is 2. The summed E-state index contributed by atoms with van der Waals surface area (Å²) in [4.78, 5) is 0. The summed E-state index contributed by atoms with van der Waals surface area (Å²) < 4.78 is 7.09. The molecule has 2 rings (SSSR count). The van der Waals surface area contributed by atoms with E-state index in [0.29, 0.717) is 22.5 Å². The third-order valence-corrected chi connectivity index (χ3v) is 2.71. The molecule has 0 aliphatic carbocycles. The zero-order valence-corrected chi connectivity index (χ0v) is 10.9. The molecule has 0 bridgehead atoms. The fraction of sp³-hybridized carbons (Fsp3) is 0.250. The Labute approximate surface area is 110 Å². The van der Waals surface area contributed by atoms with Crippen molar-refractivity contribution >= 4 is 23.2 Å². The Hall–Kier alpha value is -1.19. The highest BCUT2D eigenvalue weighted by atomic mass is 35.5. The molecule has 17 heavy (non-hydrogen) atoms. The van der Waals surface area contributed by atoms with Crippen molar-refractivity contribution < 1.29 is 4.74 Å². The Bertz CT molecular complexity index is 511. The van der Waals surface area contributed by atoms with E-state index in [2.05, 4.69) is 5.10 Å². The van der Waals surface area contributed by atoms with Gasteiger partial charge in [0.05, 0.1) is 17.3 Å². The van der Waals surface area contributed by atoms with Crippen LogP contribution in [0.3, 0.4) is 0 Å². The lowest BCUT2D eigenvalue weighted by atomic mass is 10.3. The summed E-state index contributed by atoms with van der Waals surface area (Å²) in [7, 11) is 0. The number of hydrogen-bond acceptors (Lipinski definition) is 2. The van der Waals surface area contributed by atoms with E-state index in [1.165, 1.54) is 0 Å². The van der Waals surface area contributed by atoms with Gasteiger partial charge in [0.15, 0.2) is 0 Å². The van der Waals surface area contributed by atoms with Crippen LogP contribution >= 0.6 is 23.2 Å². The van der Waals surface area contributed by atoms with Gasteiger partial charge in [-0.25, -0.2) is 4.68 Å². The van der Waals surface area contributed by atoms with Gasteiger partial charge < -0.3 is 4.74 Å². The molecule has 0 fully saturated rings. The molecule has 0 atom stereocenters. The lowest BCUT2D eigenvalue weighted by molar-refractivity contribution is 0.303. The fourth-order valence-corrected chi connectivity index (χ4v) is 1.89. The van der Waals surface area contributed by atoms with Crippen LogP contribution in [0.15, 0.2) is 30.5 Å². The maximum Gasteiger partial charge on any atom is 0.233 e. The number of rotatable bonds is 4. The van der Waals surface area contributed by atoms with E-state index in [1.54, 1.807) is 29.1 Å². The van der Waals surface area contributed by atoms with Crippen LogP contribution in [0.5, 0.6) is 5.88 Å². The molecule has 0 radical (unpaired) electrons. The predicted octanol–water partition coefficient (Wildman–Crippen LogP) is 3.97. The standard InChI is InChI=1S/C12H12Cl2N2O/c1-2-7-17-12-5-6-16(15-12)11-4-3-9(13)8-10(11)14/h3-6,8H,2,7H2,1H3. The Morgan fingerprint density at radius 1 is 1.29 bits per heavy atom. The minimum atomic E-state index is 0.558. The van der Waals surface area contributed by atoms with Crippen LogP contribution in [0.4, 0.5) is 0 Å². The number of halogens is 2. The highest BCUT2D eigenvalue weighted by Gasteiger charge is 2.06. The van der Waals surface area contributed by atoms with Crippen LogP contribution in [0.2, 0.25) is 10.0 Å². The molecule has 0 spiro atoms. The van der Waals surface area contributed by atoms with Crippen LogP contribution in [0.25, 0.3) is 5.69 Å². The molecule has 2 aromatic rings. The van der Waals surface area contributed by atoms with E-state index < -0.39 is 0 Å². The van der Waals surface area contributed by atoms with E-state index in [1.807, 2.05) is 13.0 Å². The summed E-state index contributed by atoms with van der Waals surface area (Å²) in [6.07, 6.45) is 2.76. The molecular weight excluding hydrogens is 259 g/mol. The molecule has 90 valence electrons. The lowest BCUT2D eigenvalue weighted by Crippen LogP contribution is -1.99. The van der Waals surface area contributed by atoms with Gasteiger partial charge in [0.2, 0.25) is 5.88 Å². The largest absolute Gasteiger partial charge is 0.477 e. The van der Waals surface area contributed by atoms with E-state index in [9.17, 15) is 0 Å². The molecule has 5 heteroatoms. The molecule has 1 heterocycles. The molecule has 0 saturated heterocycles. The first-order valence-corrected chi connectivity index (χ1v) is 6.10. The third-order valence-electron chi connectivity index (χ3n) is 2.18. The second-order valence-corrected chi connectivity index (χ2v) is 4.39. The van der Waals surface area contributed by atoms with Gasteiger partial charge in [0.1, 0.15) is 0 Å². The van der Waals surface area contributed by atoms with Gasteiger partial charge in [0.25, 0.3) is 0 Å². The summed E-state index contributed by atoms with van der Waals surface area (Å²) in [6, 6.07) is 7.09. The summed E-state index contributed by atoms with van der Waals surface area (Å²) in [5.74, 6) is 0.595. The highest BCUT2D eigenvalue weighted by Crippen LogP contribution is 2.24. The average Bonchev–Trinajstić information content (AvgIpc) is 2.75. The van der Waals surface area contributed by atoms with Crippen LogP contribution in [-0.2, 0) is 0 Å². The van der Waals surface area contributed by atoms with E-state index in [4.69, 9.17) is 27.9 Å². The Kier molecular flexibility index (Phi) is 3.92. The minimum absolute atomic E-state index is 0.558. The van der Waals surface area contributed by atoms with Gasteiger partial charge in [-0.2, -0.15) is 0 Å². The first-order chi connectivity index (χ1) is 8.20. The predicted molar refractivity (Wildman–Crippen MR) is 69.4 cm³/mol. The highest BCUT2D eigenvalue weighted by molar-refractivity contribution is 6.35. The van der Waals surface area contributed by atoms with Gasteiger partial charge in [0, 0.05) is 17.3 Å². The van der Waals surface area contributed by atoms with E-state index in [-0.39, 0.29) is 0 Å². The lowest BCUT2D eigenvalue weighted by Gasteiger charge is -2.04. The summed E-state index contributed by atoms with van der Waals surface area (Å²) in [6.45, 7) is 2.71. The van der Waals surface area contributed by atoms with Gasteiger partial charge >= 0.3 is 0 Å². The fourth-order valence-electron chi connectivity index (χ4n) is 1.39. The molecular formula is C12H12Cl2N2O. The number of benzene rings is 1. The Balaban J connectivity index is 2.24. The van der Waals surface area contributed by atoms with Gasteiger partial charge in [-0.15, -0.1) is 5.10 Å². The van der Waals surface area contributed by atoms with Crippen molar-refractivity contribution in [1.82, 2.24) is 9.78 Å². The molecule has 0 amide bonds. The molecule has 0 aliphatic rings. The quantitative estimate of drug-likeness (QED) is 0.841. The van der Waals surface area contributed by atoms with E-state index in [0.717, 1.165) is 12.1 Å². The number of aromatic nitrogens is 2. The SMILES string of the molecule is CCCOc1ccn(-c2ccc(Cl)cc2Cl)n1. The van der Waals surface area contributed by atoms with Crippen LogP contribution in [0, 0.1) is 0 Å². The Morgan fingerprint density at radius 2 is 2.12 bits per heavy atom. The van der Waals surface area contributed by atoms with Crippen molar-refractivity contribution in [3.63, 3.8) is 0 Å².